The second-order valence-electron chi connectivity index (χ2n) is 6.54. The summed E-state index contributed by atoms with van der Waals surface area (Å²) in [5.41, 5.74) is 2.22. The average molecular weight is 416 g/mol. The van der Waals surface area contributed by atoms with E-state index < -0.39 is 15.9 Å². The van der Waals surface area contributed by atoms with E-state index in [1.807, 2.05) is 30.3 Å². The number of sulfonamides is 1. The SMILES string of the molecule is CCNC(=O)C1=C(C)c2cc(OC)c(OC)cc2N(Cc2ccccc2)S1(=O)=O. The van der Waals surface area contributed by atoms with Crippen LogP contribution in [0.4, 0.5) is 5.69 Å². The Morgan fingerprint density at radius 2 is 1.69 bits per heavy atom. The minimum absolute atomic E-state index is 0.0852. The van der Waals surface area contributed by atoms with Crippen LogP contribution in [0, 0.1) is 0 Å². The molecule has 1 aliphatic rings. The minimum atomic E-state index is -4.09. The van der Waals surface area contributed by atoms with Gasteiger partial charge in [0.15, 0.2) is 16.4 Å². The summed E-state index contributed by atoms with van der Waals surface area (Å²) in [6.07, 6.45) is 0. The van der Waals surface area contributed by atoms with Crippen LogP contribution in [0.25, 0.3) is 5.57 Å². The molecular weight excluding hydrogens is 392 g/mol. The number of benzene rings is 2. The lowest BCUT2D eigenvalue weighted by atomic mass is 10.0. The molecule has 154 valence electrons. The number of likely N-dealkylation sites (N-methyl/N-ethyl adjacent to an activating group) is 1. The van der Waals surface area contributed by atoms with Gasteiger partial charge in [-0.1, -0.05) is 30.3 Å². The molecular formula is C21H24N2O5S. The van der Waals surface area contributed by atoms with Gasteiger partial charge in [0.05, 0.1) is 26.5 Å². The molecule has 0 unspecified atom stereocenters. The fourth-order valence-electron chi connectivity index (χ4n) is 3.38. The monoisotopic (exact) mass is 416 g/mol. The lowest BCUT2D eigenvalue weighted by molar-refractivity contribution is -0.116. The summed E-state index contributed by atoms with van der Waals surface area (Å²) < 4.78 is 39.0. The van der Waals surface area contributed by atoms with Crippen LogP contribution in [0.3, 0.4) is 0 Å². The third-order valence-electron chi connectivity index (χ3n) is 4.78. The van der Waals surface area contributed by atoms with Crippen LogP contribution in [-0.2, 0) is 21.4 Å². The highest BCUT2D eigenvalue weighted by molar-refractivity contribution is 7.97. The van der Waals surface area contributed by atoms with Crippen molar-refractivity contribution < 1.29 is 22.7 Å². The number of amides is 1. The number of hydrogen-bond acceptors (Lipinski definition) is 5. The number of fused-ring (bicyclic) bond motifs is 1. The van der Waals surface area contributed by atoms with Gasteiger partial charge >= 0.3 is 0 Å². The summed E-state index contributed by atoms with van der Waals surface area (Å²) in [6.45, 7) is 3.78. The highest BCUT2D eigenvalue weighted by atomic mass is 32.2. The first-order valence-electron chi connectivity index (χ1n) is 9.17. The molecule has 0 saturated heterocycles. The molecule has 0 atom stereocenters. The Balaban J connectivity index is 2.28. The van der Waals surface area contributed by atoms with Crippen LogP contribution in [0.15, 0.2) is 47.4 Å². The molecule has 0 saturated carbocycles. The maximum absolute atomic E-state index is 13.5. The summed E-state index contributed by atoms with van der Waals surface area (Å²) in [6, 6.07) is 12.6. The van der Waals surface area contributed by atoms with E-state index in [9.17, 15) is 13.2 Å². The number of ether oxygens (including phenoxy) is 2. The number of carbonyl (C=O) groups is 1. The summed E-state index contributed by atoms with van der Waals surface area (Å²) >= 11 is 0. The quantitative estimate of drug-likeness (QED) is 0.783. The number of rotatable bonds is 6. The van der Waals surface area contributed by atoms with Gasteiger partial charge in [0.25, 0.3) is 15.9 Å². The predicted octanol–water partition coefficient (Wildman–Crippen LogP) is 2.92. The molecule has 0 aromatic heterocycles. The van der Waals surface area contributed by atoms with Crippen molar-refractivity contribution in [1.29, 1.82) is 0 Å². The first-order chi connectivity index (χ1) is 13.8. The van der Waals surface area contributed by atoms with Gasteiger partial charge in [-0.3, -0.25) is 9.10 Å². The molecule has 0 aliphatic carbocycles. The first kappa shape index (κ1) is 20.7. The predicted molar refractivity (Wildman–Crippen MR) is 112 cm³/mol. The largest absolute Gasteiger partial charge is 0.493 e. The van der Waals surface area contributed by atoms with Gasteiger partial charge in [0.1, 0.15) is 0 Å². The Morgan fingerprint density at radius 3 is 2.28 bits per heavy atom. The molecule has 1 aliphatic heterocycles. The van der Waals surface area contributed by atoms with Crippen molar-refractivity contribution in [2.75, 3.05) is 25.1 Å². The smallest absolute Gasteiger partial charge is 0.270 e. The van der Waals surface area contributed by atoms with E-state index >= 15 is 0 Å². The molecule has 29 heavy (non-hydrogen) atoms. The number of methoxy groups -OCH3 is 2. The van der Waals surface area contributed by atoms with Crippen LogP contribution in [0.2, 0.25) is 0 Å². The molecule has 1 heterocycles. The van der Waals surface area contributed by atoms with Gasteiger partial charge in [-0.05, 0) is 31.1 Å². The maximum atomic E-state index is 13.5. The Labute approximate surface area is 171 Å². The highest BCUT2D eigenvalue weighted by Crippen LogP contribution is 2.45. The lowest BCUT2D eigenvalue weighted by Crippen LogP contribution is -2.40. The molecule has 0 radical (unpaired) electrons. The third-order valence-corrected chi connectivity index (χ3v) is 6.69. The molecule has 8 heteroatoms. The second-order valence-corrected chi connectivity index (χ2v) is 8.33. The second kappa shape index (κ2) is 8.16. The van der Waals surface area contributed by atoms with E-state index in [1.165, 1.54) is 18.5 Å². The maximum Gasteiger partial charge on any atom is 0.270 e. The van der Waals surface area contributed by atoms with E-state index in [1.54, 1.807) is 26.0 Å². The average Bonchev–Trinajstić information content (AvgIpc) is 2.71. The van der Waals surface area contributed by atoms with Crippen molar-refractivity contribution in [3.63, 3.8) is 0 Å². The number of carbonyl (C=O) groups excluding carboxylic acids is 1. The van der Waals surface area contributed by atoms with Gasteiger partial charge in [0, 0.05) is 18.2 Å². The zero-order chi connectivity index (χ0) is 21.2. The zero-order valence-electron chi connectivity index (χ0n) is 16.9. The van der Waals surface area contributed by atoms with Crippen LogP contribution in [-0.4, -0.2) is 35.1 Å². The Hall–Kier alpha value is -3.00. The number of hydrogen-bond donors (Lipinski definition) is 1. The van der Waals surface area contributed by atoms with E-state index in [2.05, 4.69) is 5.32 Å². The molecule has 0 spiro atoms. The molecule has 2 aromatic carbocycles. The van der Waals surface area contributed by atoms with E-state index in [0.29, 0.717) is 34.9 Å². The van der Waals surface area contributed by atoms with Crippen LogP contribution < -0.4 is 19.1 Å². The fraction of sp³-hybridized carbons (Fsp3) is 0.286. The van der Waals surface area contributed by atoms with Crippen molar-refractivity contribution in [2.45, 2.75) is 20.4 Å². The number of anilines is 1. The van der Waals surface area contributed by atoms with Crippen molar-refractivity contribution in [3.05, 3.63) is 58.5 Å². The summed E-state index contributed by atoms with van der Waals surface area (Å²) in [5.74, 6) is 0.247. The van der Waals surface area contributed by atoms with E-state index in [4.69, 9.17) is 9.47 Å². The van der Waals surface area contributed by atoms with Gasteiger partial charge in [-0.15, -0.1) is 0 Å². The van der Waals surface area contributed by atoms with Gasteiger partial charge in [0.2, 0.25) is 0 Å². The normalized spacial score (nSPS) is 15.0. The third kappa shape index (κ3) is 3.67. The van der Waals surface area contributed by atoms with Crippen molar-refractivity contribution in [2.24, 2.45) is 0 Å². The van der Waals surface area contributed by atoms with Crippen molar-refractivity contribution >= 4 is 27.2 Å². The molecule has 0 fully saturated rings. The molecule has 1 N–H and O–H groups in total. The fourth-order valence-corrected chi connectivity index (χ4v) is 5.13. The Morgan fingerprint density at radius 1 is 1.07 bits per heavy atom. The first-order valence-corrected chi connectivity index (χ1v) is 10.6. The number of nitrogens with zero attached hydrogens (tertiary/aromatic N) is 1. The van der Waals surface area contributed by atoms with Crippen molar-refractivity contribution in [3.8, 4) is 11.5 Å². The summed E-state index contributed by atoms with van der Waals surface area (Å²) in [4.78, 5) is 12.4. The van der Waals surface area contributed by atoms with E-state index in [0.717, 1.165) is 5.56 Å². The van der Waals surface area contributed by atoms with Gasteiger partial charge in [-0.25, -0.2) is 8.42 Å². The Bertz CT molecular complexity index is 1060. The topological polar surface area (TPSA) is 84.9 Å². The molecule has 2 aromatic rings. The molecule has 7 nitrogen and oxygen atoms in total. The standard InChI is InChI=1S/C21H24N2O5S/c1-5-22-21(24)20-14(2)16-11-18(27-3)19(28-4)12-17(16)23(29(20,25)26)13-15-9-7-6-8-10-15/h6-12H,5,13H2,1-4H3,(H,22,24). The van der Waals surface area contributed by atoms with Crippen LogP contribution >= 0.6 is 0 Å². The molecule has 1 amide bonds. The molecule has 3 rings (SSSR count). The number of allylic oxidation sites excluding steroid dienone is 1. The van der Waals surface area contributed by atoms with Crippen LogP contribution in [0.5, 0.6) is 11.5 Å². The lowest BCUT2D eigenvalue weighted by Gasteiger charge is -2.33. The zero-order valence-corrected chi connectivity index (χ0v) is 17.7. The van der Waals surface area contributed by atoms with Gasteiger partial charge < -0.3 is 14.8 Å². The van der Waals surface area contributed by atoms with Gasteiger partial charge in [-0.2, -0.15) is 0 Å². The number of nitrogens with one attached hydrogen (secondary N) is 1. The minimum Gasteiger partial charge on any atom is -0.493 e. The van der Waals surface area contributed by atoms with Crippen LogP contribution in [0.1, 0.15) is 25.0 Å². The van der Waals surface area contributed by atoms with E-state index in [-0.39, 0.29) is 11.4 Å². The highest BCUT2D eigenvalue weighted by Gasteiger charge is 2.40. The Kier molecular flexibility index (Phi) is 5.83. The summed E-state index contributed by atoms with van der Waals surface area (Å²) in [7, 11) is -1.09. The summed E-state index contributed by atoms with van der Waals surface area (Å²) in [5, 5.41) is 2.61. The molecule has 0 bridgehead atoms. The van der Waals surface area contributed by atoms with Crippen molar-refractivity contribution in [1.82, 2.24) is 5.32 Å².